The second-order valence-electron chi connectivity index (χ2n) is 6.18. The molecule has 22 heavy (non-hydrogen) atoms. The fourth-order valence-electron chi connectivity index (χ4n) is 3.24. The molecule has 3 rings (SSSR count). The number of hydrogen-bond acceptors (Lipinski definition) is 4. The molecule has 1 aromatic heterocycles. The van der Waals surface area contributed by atoms with E-state index in [0.717, 1.165) is 25.1 Å². The fourth-order valence-corrected chi connectivity index (χ4v) is 3.24. The first-order valence-electron chi connectivity index (χ1n) is 7.95. The van der Waals surface area contributed by atoms with Crippen molar-refractivity contribution in [3.8, 4) is 0 Å². The molecule has 0 aromatic carbocycles. The van der Waals surface area contributed by atoms with Crippen molar-refractivity contribution in [2.24, 2.45) is 5.92 Å². The molecule has 1 N–H and O–H groups in total. The first-order valence-corrected chi connectivity index (χ1v) is 7.95. The molecule has 0 spiro atoms. The molecule has 122 valence electrons. The highest BCUT2D eigenvalue weighted by molar-refractivity contribution is 5.74. The van der Waals surface area contributed by atoms with Crippen LogP contribution < -0.4 is 5.32 Å². The number of hydrogen-bond donors (Lipinski definition) is 1. The van der Waals surface area contributed by atoms with E-state index >= 15 is 0 Å². The highest BCUT2D eigenvalue weighted by Gasteiger charge is 2.42. The minimum Gasteiger partial charge on any atom is -0.467 e. The summed E-state index contributed by atoms with van der Waals surface area (Å²) in [5.41, 5.74) is 0. The Morgan fingerprint density at radius 2 is 2.23 bits per heavy atom. The number of furan rings is 1. The van der Waals surface area contributed by atoms with E-state index in [0.29, 0.717) is 19.8 Å². The lowest BCUT2D eigenvalue weighted by Gasteiger charge is -2.40. The van der Waals surface area contributed by atoms with Gasteiger partial charge in [-0.05, 0) is 38.8 Å². The van der Waals surface area contributed by atoms with Gasteiger partial charge in [0.2, 0.25) is 0 Å². The van der Waals surface area contributed by atoms with Crippen LogP contribution in [0.25, 0.3) is 0 Å². The fraction of sp³-hybridized carbons (Fsp3) is 0.688. The van der Waals surface area contributed by atoms with Gasteiger partial charge in [-0.15, -0.1) is 0 Å². The normalized spacial score (nSPS) is 25.9. The van der Waals surface area contributed by atoms with E-state index in [4.69, 9.17) is 13.9 Å². The highest BCUT2D eigenvalue weighted by atomic mass is 16.7. The molecule has 0 unspecified atom stereocenters. The monoisotopic (exact) mass is 308 g/mol. The van der Waals surface area contributed by atoms with Crippen LogP contribution in [0, 0.1) is 5.92 Å². The van der Waals surface area contributed by atoms with Crippen molar-refractivity contribution in [3.05, 3.63) is 24.2 Å². The predicted octanol–water partition coefficient (Wildman–Crippen LogP) is 2.53. The van der Waals surface area contributed by atoms with Crippen LogP contribution in [-0.2, 0) is 9.47 Å². The molecule has 3 heterocycles. The molecule has 0 radical (unpaired) electrons. The number of carbonyl (C=O) groups is 1. The van der Waals surface area contributed by atoms with Crippen LogP contribution in [-0.4, -0.2) is 43.0 Å². The lowest BCUT2D eigenvalue weighted by molar-refractivity contribution is -0.189. The molecule has 6 heteroatoms. The van der Waals surface area contributed by atoms with Gasteiger partial charge in [-0.25, -0.2) is 4.79 Å². The van der Waals surface area contributed by atoms with Gasteiger partial charge in [-0.2, -0.15) is 0 Å². The summed E-state index contributed by atoms with van der Waals surface area (Å²) >= 11 is 0. The zero-order chi connectivity index (χ0) is 15.6. The van der Waals surface area contributed by atoms with Crippen molar-refractivity contribution in [3.63, 3.8) is 0 Å². The van der Waals surface area contributed by atoms with Gasteiger partial charge in [-0.3, -0.25) is 0 Å². The van der Waals surface area contributed by atoms with Crippen LogP contribution in [0.2, 0.25) is 0 Å². The van der Waals surface area contributed by atoms with Crippen molar-refractivity contribution in [2.75, 3.05) is 26.3 Å². The van der Waals surface area contributed by atoms with E-state index in [-0.39, 0.29) is 18.0 Å². The van der Waals surface area contributed by atoms with Gasteiger partial charge in [0.1, 0.15) is 5.76 Å². The van der Waals surface area contributed by atoms with Crippen LogP contribution in [0.1, 0.15) is 38.5 Å². The number of ether oxygens (including phenoxy) is 2. The summed E-state index contributed by atoms with van der Waals surface area (Å²) in [6.07, 6.45) is 3.61. The Balaban J connectivity index is 1.58. The van der Waals surface area contributed by atoms with Crippen LogP contribution >= 0.6 is 0 Å². The van der Waals surface area contributed by atoms with Gasteiger partial charge >= 0.3 is 6.03 Å². The molecule has 2 atom stereocenters. The first kappa shape index (κ1) is 15.4. The number of rotatable bonds is 3. The molecule has 0 bridgehead atoms. The lowest BCUT2D eigenvalue weighted by atomic mass is 9.90. The largest absolute Gasteiger partial charge is 0.467 e. The highest BCUT2D eigenvalue weighted by Crippen LogP contribution is 2.34. The van der Waals surface area contributed by atoms with E-state index in [1.807, 2.05) is 30.9 Å². The first-order chi connectivity index (χ1) is 10.6. The summed E-state index contributed by atoms with van der Waals surface area (Å²) in [5, 5.41) is 2.99. The van der Waals surface area contributed by atoms with Gasteiger partial charge in [0, 0.05) is 19.0 Å². The van der Waals surface area contributed by atoms with Gasteiger partial charge in [0.05, 0.1) is 25.5 Å². The van der Waals surface area contributed by atoms with Gasteiger partial charge < -0.3 is 24.1 Å². The molecule has 2 fully saturated rings. The number of urea groups is 1. The Bertz CT molecular complexity index is 496. The van der Waals surface area contributed by atoms with Crippen LogP contribution in [0.4, 0.5) is 4.79 Å². The quantitative estimate of drug-likeness (QED) is 0.932. The molecule has 1 aromatic rings. The minimum absolute atomic E-state index is 0.0600. The topological polar surface area (TPSA) is 63.9 Å². The Morgan fingerprint density at radius 3 is 2.91 bits per heavy atom. The molecule has 2 saturated heterocycles. The third-order valence-corrected chi connectivity index (χ3v) is 4.62. The van der Waals surface area contributed by atoms with Crippen molar-refractivity contribution in [1.29, 1.82) is 0 Å². The summed E-state index contributed by atoms with van der Waals surface area (Å²) in [4.78, 5) is 14.3. The minimum atomic E-state index is -0.550. The number of carbonyl (C=O) groups excluding carboxylic acids is 1. The standard InChI is InChI=1S/C16H24N2O4/c1-12(14-6-4-8-20-14)17-15(19)18-7-3-5-13(11-18)16(2)21-9-10-22-16/h4,6,8,12-13H,3,5,7,9-11H2,1-2H3,(H,17,19)/t12-,13-/m0/s1. The van der Waals surface area contributed by atoms with Crippen LogP contribution in [0.5, 0.6) is 0 Å². The number of piperidine rings is 1. The third-order valence-electron chi connectivity index (χ3n) is 4.62. The third kappa shape index (κ3) is 3.13. The van der Waals surface area contributed by atoms with Crippen molar-refractivity contribution >= 4 is 6.03 Å². The molecular formula is C16H24N2O4. The number of amides is 2. The van der Waals surface area contributed by atoms with Crippen LogP contribution in [0.3, 0.4) is 0 Å². The van der Waals surface area contributed by atoms with E-state index < -0.39 is 5.79 Å². The van der Waals surface area contributed by atoms with Crippen molar-refractivity contribution < 1.29 is 18.7 Å². The molecule has 2 aliphatic heterocycles. The maximum Gasteiger partial charge on any atom is 0.317 e. The summed E-state index contributed by atoms with van der Waals surface area (Å²) in [7, 11) is 0. The van der Waals surface area contributed by atoms with Crippen LogP contribution in [0.15, 0.2) is 22.8 Å². The Kier molecular flexibility index (Phi) is 4.40. The molecule has 6 nitrogen and oxygen atoms in total. The average molecular weight is 308 g/mol. The molecule has 0 aliphatic carbocycles. The molecular weight excluding hydrogens is 284 g/mol. The van der Waals surface area contributed by atoms with E-state index in [1.165, 1.54) is 0 Å². The molecule has 2 aliphatic rings. The summed E-state index contributed by atoms with van der Waals surface area (Å²) in [6.45, 7) is 6.60. The van der Waals surface area contributed by atoms with E-state index in [2.05, 4.69) is 5.32 Å². The maximum absolute atomic E-state index is 12.5. The second kappa shape index (κ2) is 6.30. The summed E-state index contributed by atoms with van der Waals surface area (Å²) < 4.78 is 16.8. The summed E-state index contributed by atoms with van der Waals surface area (Å²) in [6, 6.07) is 3.49. The zero-order valence-electron chi connectivity index (χ0n) is 13.2. The molecule has 0 saturated carbocycles. The average Bonchev–Trinajstić information content (AvgIpc) is 3.19. The number of nitrogens with zero attached hydrogens (tertiary/aromatic N) is 1. The Morgan fingerprint density at radius 1 is 1.45 bits per heavy atom. The number of nitrogens with one attached hydrogen (secondary N) is 1. The number of likely N-dealkylation sites (tertiary alicyclic amines) is 1. The zero-order valence-corrected chi connectivity index (χ0v) is 13.2. The molecule has 2 amide bonds. The second-order valence-corrected chi connectivity index (χ2v) is 6.18. The Hall–Kier alpha value is -1.53. The van der Waals surface area contributed by atoms with Gasteiger partial charge in [-0.1, -0.05) is 0 Å². The lowest BCUT2D eigenvalue weighted by Crippen LogP contribution is -2.51. The van der Waals surface area contributed by atoms with Gasteiger partial charge in [0.15, 0.2) is 5.79 Å². The predicted molar refractivity (Wildman–Crippen MR) is 80.3 cm³/mol. The van der Waals surface area contributed by atoms with E-state index in [9.17, 15) is 4.79 Å². The SMILES string of the molecule is C[C@H](NC(=O)N1CCC[C@H](C2(C)OCCO2)C1)c1ccco1. The van der Waals surface area contributed by atoms with Crippen molar-refractivity contribution in [2.45, 2.75) is 38.5 Å². The van der Waals surface area contributed by atoms with Crippen molar-refractivity contribution in [1.82, 2.24) is 10.2 Å². The van der Waals surface area contributed by atoms with E-state index in [1.54, 1.807) is 6.26 Å². The smallest absolute Gasteiger partial charge is 0.317 e. The Labute approximate surface area is 130 Å². The summed E-state index contributed by atoms with van der Waals surface area (Å²) in [5.74, 6) is 0.427. The van der Waals surface area contributed by atoms with Gasteiger partial charge in [0.25, 0.3) is 0 Å². The maximum atomic E-state index is 12.5.